The number of isothiocyanates is 1. The average molecular weight is 462 g/mol. The smallest absolute Gasteiger partial charge is 0.215 e. The minimum atomic E-state index is -1.08. The summed E-state index contributed by atoms with van der Waals surface area (Å²) >= 11 is 17.2. The van der Waals surface area contributed by atoms with Crippen LogP contribution in [0.25, 0.3) is 0 Å². The fourth-order valence-electron chi connectivity index (χ4n) is 3.26. The zero-order valence-corrected chi connectivity index (χ0v) is 18.0. The van der Waals surface area contributed by atoms with Gasteiger partial charge in [-0.3, -0.25) is 0 Å². The van der Waals surface area contributed by atoms with E-state index in [0.29, 0.717) is 46.8 Å². The molecule has 0 spiro atoms. The van der Waals surface area contributed by atoms with Crippen molar-refractivity contribution in [3.05, 3.63) is 76.8 Å². The van der Waals surface area contributed by atoms with Gasteiger partial charge >= 0.3 is 0 Å². The van der Waals surface area contributed by atoms with Crippen molar-refractivity contribution in [1.29, 1.82) is 0 Å². The van der Waals surface area contributed by atoms with E-state index in [-0.39, 0.29) is 6.10 Å². The number of hydrogen-bond donors (Lipinski definition) is 0. The maximum atomic E-state index is 6.48. The number of aliphatic imine (C=N–C) groups is 1. The zero-order valence-electron chi connectivity index (χ0n) is 15.7. The van der Waals surface area contributed by atoms with Crippen molar-refractivity contribution in [3.8, 4) is 5.75 Å². The number of nitrogens with zero attached hydrogens (tertiary/aromatic N) is 3. The molecule has 2 aromatic carbocycles. The van der Waals surface area contributed by atoms with Crippen molar-refractivity contribution in [2.24, 2.45) is 4.99 Å². The van der Waals surface area contributed by atoms with Crippen LogP contribution in [0.5, 0.6) is 5.75 Å². The molecule has 1 aliphatic heterocycles. The van der Waals surface area contributed by atoms with Crippen LogP contribution in [0, 0.1) is 0 Å². The molecule has 0 aliphatic carbocycles. The maximum absolute atomic E-state index is 6.48. The van der Waals surface area contributed by atoms with Gasteiger partial charge in [0.1, 0.15) is 18.5 Å². The summed E-state index contributed by atoms with van der Waals surface area (Å²) in [5, 5.41) is 3.35. The molecule has 0 amide bonds. The second kappa shape index (κ2) is 9.27. The standard InChI is InChI=1S/C21H17Cl2N3O3S/c22-15-4-5-19(20(23)8-15)21(12-26-7-6-24-13-26)28-11-18(29-21)10-27-17-3-1-2-16(9-17)25-14-30/h1-9,13,18H,10-12H2. The fourth-order valence-corrected chi connectivity index (χ4v) is 3.92. The van der Waals surface area contributed by atoms with Gasteiger partial charge in [0.15, 0.2) is 0 Å². The molecule has 9 heteroatoms. The topological polar surface area (TPSA) is 57.9 Å². The number of aromatic nitrogens is 2. The molecule has 2 unspecified atom stereocenters. The predicted octanol–water partition coefficient (Wildman–Crippen LogP) is 5.27. The number of imidazole rings is 1. The van der Waals surface area contributed by atoms with Gasteiger partial charge in [-0.1, -0.05) is 35.3 Å². The number of benzene rings is 2. The largest absolute Gasteiger partial charge is 0.491 e. The molecule has 1 saturated heterocycles. The Labute approximate surface area is 189 Å². The Kier molecular flexibility index (Phi) is 6.49. The van der Waals surface area contributed by atoms with Crippen molar-refractivity contribution >= 4 is 46.3 Å². The Balaban J connectivity index is 1.53. The molecular weight excluding hydrogens is 445 g/mol. The van der Waals surface area contributed by atoms with E-state index >= 15 is 0 Å². The molecule has 1 fully saturated rings. The van der Waals surface area contributed by atoms with Gasteiger partial charge in [0.05, 0.1) is 35.4 Å². The van der Waals surface area contributed by atoms with Gasteiger partial charge in [0.2, 0.25) is 5.79 Å². The summed E-state index contributed by atoms with van der Waals surface area (Å²) in [5.74, 6) is -0.429. The van der Waals surface area contributed by atoms with Crippen molar-refractivity contribution in [3.63, 3.8) is 0 Å². The van der Waals surface area contributed by atoms with E-state index in [1.54, 1.807) is 30.7 Å². The SMILES string of the molecule is S=C=Nc1cccc(OCC2COC(Cn3ccnc3)(c3ccc(Cl)cc3Cl)O2)c1. The van der Waals surface area contributed by atoms with Crippen LogP contribution in [-0.4, -0.2) is 34.0 Å². The zero-order chi connectivity index (χ0) is 21.0. The van der Waals surface area contributed by atoms with Crippen LogP contribution in [0.4, 0.5) is 5.69 Å². The molecule has 154 valence electrons. The van der Waals surface area contributed by atoms with E-state index < -0.39 is 5.79 Å². The lowest BCUT2D eigenvalue weighted by molar-refractivity contribution is -0.189. The Morgan fingerprint density at radius 2 is 2.20 bits per heavy atom. The second-order valence-corrected chi connectivity index (χ2v) is 7.70. The van der Waals surface area contributed by atoms with Gasteiger partial charge in [0, 0.05) is 29.0 Å². The molecule has 1 aromatic heterocycles. The second-order valence-electron chi connectivity index (χ2n) is 6.67. The highest BCUT2D eigenvalue weighted by atomic mass is 35.5. The van der Waals surface area contributed by atoms with Crippen LogP contribution >= 0.6 is 35.4 Å². The first-order valence-electron chi connectivity index (χ1n) is 9.12. The molecule has 0 bridgehead atoms. The lowest BCUT2D eigenvalue weighted by Crippen LogP contribution is -2.34. The van der Waals surface area contributed by atoms with Gasteiger partial charge in [-0.2, -0.15) is 4.99 Å². The molecular formula is C21H17Cl2N3O3S. The number of hydrogen-bond acceptors (Lipinski definition) is 6. The van der Waals surface area contributed by atoms with Crippen molar-refractivity contribution in [2.45, 2.75) is 18.4 Å². The summed E-state index contributed by atoms with van der Waals surface area (Å²) in [6, 6.07) is 12.5. The van der Waals surface area contributed by atoms with Crippen LogP contribution in [0.2, 0.25) is 10.0 Å². The van der Waals surface area contributed by atoms with Crippen LogP contribution < -0.4 is 4.74 Å². The van der Waals surface area contributed by atoms with Crippen LogP contribution in [-0.2, 0) is 21.8 Å². The minimum absolute atomic E-state index is 0.293. The summed E-state index contributed by atoms with van der Waals surface area (Å²) in [4.78, 5) is 8.06. The van der Waals surface area contributed by atoms with Gasteiger partial charge in [-0.05, 0) is 36.5 Å². The normalized spacial score (nSPS) is 20.7. The molecule has 30 heavy (non-hydrogen) atoms. The first kappa shape index (κ1) is 21.0. The maximum Gasteiger partial charge on any atom is 0.215 e. The Morgan fingerprint density at radius 3 is 2.97 bits per heavy atom. The van der Waals surface area contributed by atoms with E-state index in [4.69, 9.17) is 37.4 Å². The molecule has 1 aliphatic rings. The first-order chi connectivity index (χ1) is 14.6. The van der Waals surface area contributed by atoms with Gasteiger partial charge in [-0.15, -0.1) is 0 Å². The van der Waals surface area contributed by atoms with Crippen LogP contribution in [0.15, 0.2) is 66.2 Å². The molecule has 2 heterocycles. The molecule has 0 radical (unpaired) electrons. The lowest BCUT2D eigenvalue weighted by Gasteiger charge is -2.30. The van der Waals surface area contributed by atoms with Gasteiger partial charge < -0.3 is 18.8 Å². The van der Waals surface area contributed by atoms with Crippen LogP contribution in [0.3, 0.4) is 0 Å². The fraction of sp³-hybridized carbons (Fsp3) is 0.238. The van der Waals surface area contributed by atoms with Gasteiger partial charge in [-0.25, -0.2) is 4.98 Å². The highest BCUT2D eigenvalue weighted by molar-refractivity contribution is 7.78. The Hall–Kier alpha value is -2.25. The molecule has 0 N–H and O–H groups in total. The van der Waals surface area contributed by atoms with E-state index in [9.17, 15) is 0 Å². The summed E-state index contributed by atoms with van der Waals surface area (Å²) < 4.78 is 20.3. The number of rotatable bonds is 7. The third-order valence-electron chi connectivity index (χ3n) is 4.58. The monoisotopic (exact) mass is 461 g/mol. The first-order valence-corrected chi connectivity index (χ1v) is 10.3. The summed E-state index contributed by atoms with van der Waals surface area (Å²) in [6.45, 7) is 1.01. The van der Waals surface area contributed by atoms with Crippen molar-refractivity contribution < 1.29 is 14.2 Å². The van der Waals surface area contributed by atoms with E-state index in [0.717, 1.165) is 0 Å². The summed E-state index contributed by atoms with van der Waals surface area (Å²) in [7, 11) is 0. The molecule has 4 rings (SSSR count). The molecule has 0 saturated carbocycles. The lowest BCUT2D eigenvalue weighted by atomic mass is 10.1. The summed E-state index contributed by atoms with van der Waals surface area (Å²) in [6.07, 6.45) is 4.93. The highest BCUT2D eigenvalue weighted by Gasteiger charge is 2.45. The molecule has 6 nitrogen and oxygen atoms in total. The third-order valence-corrected chi connectivity index (χ3v) is 5.22. The molecule has 3 aromatic rings. The van der Waals surface area contributed by atoms with Gasteiger partial charge in [0.25, 0.3) is 0 Å². The third kappa shape index (κ3) is 4.73. The molecule has 2 atom stereocenters. The van der Waals surface area contributed by atoms with Crippen molar-refractivity contribution in [2.75, 3.05) is 13.2 Å². The highest BCUT2D eigenvalue weighted by Crippen LogP contribution is 2.40. The number of halogens is 2. The number of thiocarbonyl (C=S) groups is 1. The van der Waals surface area contributed by atoms with E-state index in [1.165, 1.54) is 0 Å². The van der Waals surface area contributed by atoms with Crippen molar-refractivity contribution in [1.82, 2.24) is 9.55 Å². The average Bonchev–Trinajstić information content (AvgIpc) is 3.38. The summed E-state index contributed by atoms with van der Waals surface area (Å²) in [5.41, 5.74) is 1.37. The quantitative estimate of drug-likeness (QED) is 0.354. The minimum Gasteiger partial charge on any atom is -0.491 e. The van der Waals surface area contributed by atoms with Crippen LogP contribution in [0.1, 0.15) is 5.56 Å². The Bertz CT molecular complexity index is 1070. The number of ether oxygens (including phenoxy) is 3. The predicted molar refractivity (Wildman–Crippen MR) is 118 cm³/mol. The van der Waals surface area contributed by atoms with E-state index in [1.807, 2.05) is 35.0 Å². The van der Waals surface area contributed by atoms with E-state index in [2.05, 4.69) is 27.4 Å². The Morgan fingerprint density at radius 1 is 1.30 bits per heavy atom.